The van der Waals surface area contributed by atoms with Crippen molar-refractivity contribution in [1.29, 1.82) is 0 Å². The maximum Gasteiger partial charge on any atom is 0.0741 e. The third-order valence-electron chi connectivity index (χ3n) is 2.91. The molecule has 1 aromatic carbocycles. The Labute approximate surface area is 95.0 Å². The number of benzene rings is 1. The highest BCUT2D eigenvalue weighted by Crippen LogP contribution is 2.17. The van der Waals surface area contributed by atoms with E-state index in [-0.39, 0.29) is 12.1 Å². The molecule has 0 spiro atoms. The molecule has 2 N–H and O–H groups in total. The van der Waals surface area contributed by atoms with Crippen LogP contribution in [0.5, 0.6) is 0 Å². The summed E-state index contributed by atoms with van der Waals surface area (Å²) >= 11 is 0. The van der Waals surface area contributed by atoms with Crippen LogP contribution in [0.15, 0.2) is 24.4 Å². The molecule has 2 unspecified atom stereocenters. The van der Waals surface area contributed by atoms with Crippen molar-refractivity contribution in [2.45, 2.75) is 26.0 Å². The van der Waals surface area contributed by atoms with Crippen LogP contribution in [0.1, 0.15) is 13.8 Å². The van der Waals surface area contributed by atoms with Gasteiger partial charge in [-0.2, -0.15) is 5.10 Å². The molecule has 0 radical (unpaired) electrons. The Morgan fingerprint density at radius 2 is 2.19 bits per heavy atom. The topological polar surface area (TPSA) is 49.9 Å². The van der Waals surface area contributed by atoms with E-state index >= 15 is 0 Å². The highest BCUT2D eigenvalue weighted by atomic mass is 16.5. The van der Waals surface area contributed by atoms with Crippen LogP contribution in [-0.4, -0.2) is 29.5 Å². The number of methoxy groups -OCH3 is 1. The number of hydrogen-bond donors (Lipinski definition) is 2. The molecule has 0 bridgehead atoms. The van der Waals surface area contributed by atoms with Crippen LogP contribution in [0.2, 0.25) is 0 Å². The van der Waals surface area contributed by atoms with Gasteiger partial charge in [0.05, 0.1) is 17.8 Å². The Morgan fingerprint density at radius 1 is 1.38 bits per heavy atom. The van der Waals surface area contributed by atoms with Gasteiger partial charge in [-0.15, -0.1) is 0 Å². The number of nitrogens with zero attached hydrogens (tertiary/aromatic N) is 1. The largest absolute Gasteiger partial charge is 0.380 e. The van der Waals surface area contributed by atoms with Gasteiger partial charge in [-0.05, 0) is 32.0 Å². The predicted octanol–water partition coefficient (Wildman–Crippen LogP) is 2.40. The van der Waals surface area contributed by atoms with Crippen LogP contribution in [-0.2, 0) is 4.74 Å². The predicted molar refractivity (Wildman–Crippen MR) is 65.6 cm³/mol. The van der Waals surface area contributed by atoms with Crippen LogP contribution < -0.4 is 5.32 Å². The van der Waals surface area contributed by atoms with Gasteiger partial charge in [-0.3, -0.25) is 5.10 Å². The van der Waals surface area contributed by atoms with Crippen molar-refractivity contribution in [1.82, 2.24) is 10.2 Å². The summed E-state index contributed by atoms with van der Waals surface area (Å²) < 4.78 is 5.27. The number of hydrogen-bond acceptors (Lipinski definition) is 3. The monoisotopic (exact) mass is 219 g/mol. The van der Waals surface area contributed by atoms with Crippen LogP contribution in [0, 0.1) is 0 Å². The second-order valence-corrected chi connectivity index (χ2v) is 4.05. The van der Waals surface area contributed by atoms with Gasteiger partial charge in [0, 0.05) is 24.2 Å². The molecule has 0 amide bonds. The molecule has 4 nitrogen and oxygen atoms in total. The van der Waals surface area contributed by atoms with Gasteiger partial charge in [0.15, 0.2) is 0 Å². The molecule has 4 heteroatoms. The summed E-state index contributed by atoms with van der Waals surface area (Å²) in [6, 6.07) is 6.42. The van der Waals surface area contributed by atoms with Crippen LogP contribution in [0.4, 0.5) is 5.69 Å². The second kappa shape index (κ2) is 4.53. The van der Waals surface area contributed by atoms with Crippen LogP contribution in [0.3, 0.4) is 0 Å². The number of ether oxygens (including phenoxy) is 1. The van der Waals surface area contributed by atoms with Gasteiger partial charge < -0.3 is 10.1 Å². The number of fused-ring (bicyclic) bond motifs is 1. The molecule has 16 heavy (non-hydrogen) atoms. The summed E-state index contributed by atoms with van der Waals surface area (Å²) in [5.74, 6) is 0. The fraction of sp³-hybridized carbons (Fsp3) is 0.417. The minimum absolute atomic E-state index is 0.178. The second-order valence-electron chi connectivity index (χ2n) is 4.05. The van der Waals surface area contributed by atoms with E-state index in [2.05, 4.69) is 34.6 Å². The lowest BCUT2D eigenvalue weighted by Gasteiger charge is -2.20. The zero-order valence-electron chi connectivity index (χ0n) is 9.82. The van der Waals surface area contributed by atoms with Gasteiger partial charge in [0.1, 0.15) is 0 Å². The fourth-order valence-electron chi connectivity index (χ4n) is 1.61. The summed E-state index contributed by atoms with van der Waals surface area (Å²) in [7, 11) is 1.72. The van der Waals surface area contributed by atoms with Crippen molar-refractivity contribution in [3.63, 3.8) is 0 Å². The fourth-order valence-corrected chi connectivity index (χ4v) is 1.61. The van der Waals surface area contributed by atoms with E-state index < -0.39 is 0 Å². The average molecular weight is 219 g/mol. The van der Waals surface area contributed by atoms with E-state index in [4.69, 9.17) is 4.74 Å². The van der Waals surface area contributed by atoms with Crippen molar-refractivity contribution < 1.29 is 4.74 Å². The molecule has 0 fully saturated rings. The zero-order chi connectivity index (χ0) is 11.5. The van der Waals surface area contributed by atoms with Gasteiger partial charge in [0.25, 0.3) is 0 Å². The van der Waals surface area contributed by atoms with Crippen molar-refractivity contribution >= 4 is 16.6 Å². The maximum atomic E-state index is 5.27. The molecular formula is C12H17N3O. The number of anilines is 1. The first-order chi connectivity index (χ1) is 7.70. The number of rotatable bonds is 4. The average Bonchev–Trinajstić information content (AvgIpc) is 2.75. The van der Waals surface area contributed by atoms with Crippen molar-refractivity contribution in [2.24, 2.45) is 0 Å². The standard InChI is InChI=1S/C12H17N3O/c1-8(9(2)16-3)14-11-5-4-10-7-13-15-12(10)6-11/h4-9,14H,1-3H3,(H,13,15). The van der Waals surface area contributed by atoms with Gasteiger partial charge >= 0.3 is 0 Å². The first-order valence-corrected chi connectivity index (χ1v) is 5.43. The van der Waals surface area contributed by atoms with Crippen LogP contribution in [0.25, 0.3) is 10.9 Å². The number of H-pyrrole nitrogens is 1. The molecular weight excluding hydrogens is 202 g/mol. The highest BCUT2D eigenvalue weighted by molar-refractivity contribution is 5.81. The summed E-state index contributed by atoms with van der Waals surface area (Å²) in [5, 5.41) is 11.5. The minimum atomic E-state index is 0.178. The van der Waals surface area contributed by atoms with Crippen molar-refractivity contribution in [3.05, 3.63) is 24.4 Å². The first-order valence-electron chi connectivity index (χ1n) is 5.43. The summed E-state index contributed by atoms with van der Waals surface area (Å²) in [6.07, 6.45) is 2.00. The van der Waals surface area contributed by atoms with Crippen molar-refractivity contribution in [3.8, 4) is 0 Å². The molecule has 2 aromatic rings. The van der Waals surface area contributed by atoms with Crippen molar-refractivity contribution in [2.75, 3.05) is 12.4 Å². The molecule has 0 saturated heterocycles. The molecule has 86 valence electrons. The maximum absolute atomic E-state index is 5.27. The quantitative estimate of drug-likeness (QED) is 0.830. The molecule has 0 saturated carbocycles. The highest BCUT2D eigenvalue weighted by Gasteiger charge is 2.10. The molecule has 1 heterocycles. The minimum Gasteiger partial charge on any atom is -0.380 e. The SMILES string of the molecule is COC(C)C(C)Nc1ccc2cn[nH]c2c1. The first kappa shape index (κ1) is 11.0. The Kier molecular flexibility index (Phi) is 3.10. The van der Waals surface area contributed by atoms with Gasteiger partial charge in [-0.25, -0.2) is 0 Å². The van der Waals surface area contributed by atoms with E-state index in [0.29, 0.717) is 0 Å². The normalized spacial score (nSPS) is 14.9. The zero-order valence-corrected chi connectivity index (χ0v) is 9.82. The van der Waals surface area contributed by atoms with E-state index in [9.17, 15) is 0 Å². The molecule has 0 aliphatic carbocycles. The van der Waals surface area contributed by atoms with E-state index in [1.807, 2.05) is 19.2 Å². The molecule has 2 atom stereocenters. The number of nitrogens with one attached hydrogen (secondary N) is 2. The number of aromatic nitrogens is 2. The molecule has 2 rings (SSSR count). The van der Waals surface area contributed by atoms with Crippen LogP contribution >= 0.6 is 0 Å². The van der Waals surface area contributed by atoms with E-state index in [0.717, 1.165) is 16.6 Å². The van der Waals surface area contributed by atoms with Gasteiger partial charge in [-0.1, -0.05) is 0 Å². The molecule has 0 aliphatic heterocycles. The summed E-state index contributed by atoms with van der Waals surface area (Å²) in [6.45, 7) is 4.15. The Hall–Kier alpha value is -1.55. The molecule has 1 aromatic heterocycles. The third kappa shape index (κ3) is 2.17. The van der Waals surface area contributed by atoms with Gasteiger partial charge in [0.2, 0.25) is 0 Å². The smallest absolute Gasteiger partial charge is 0.0741 e. The third-order valence-corrected chi connectivity index (χ3v) is 2.91. The summed E-state index contributed by atoms with van der Waals surface area (Å²) in [4.78, 5) is 0. The Balaban J connectivity index is 2.14. The van der Waals surface area contributed by atoms with E-state index in [1.165, 1.54) is 0 Å². The van der Waals surface area contributed by atoms with E-state index in [1.54, 1.807) is 7.11 Å². The lowest BCUT2D eigenvalue weighted by atomic mass is 10.2. The molecule has 0 aliphatic rings. The Morgan fingerprint density at radius 3 is 2.94 bits per heavy atom. The summed E-state index contributed by atoms with van der Waals surface area (Å²) in [5.41, 5.74) is 2.12. The lowest BCUT2D eigenvalue weighted by molar-refractivity contribution is 0.106. The number of aromatic amines is 1. The lowest BCUT2D eigenvalue weighted by Crippen LogP contribution is -2.29. The Bertz CT molecular complexity index is 466.